The van der Waals surface area contributed by atoms with Crippen molar-refractivity contribution >= 4 is 0 Å². The van der Waals surface area contributed by atoms with Gasteiger partial charge < -0.3 is 10.1 Å². The molecule has 1 saturated heterocycles. The zero-order chi connectivity index (χ0) is 9.90. The Kier molecular flexibility index (Phi) is 3.74. The maximum absolute atomic E-state index is 5.75. The Labute approximate surface area is 82.0 Å². The van der Waals surface area contributed by atoms with Crippen molar-refractivity contribution in [2.45, 2.75) is 51.7 Å². The fourth-order valence-corrected chi connectivity index (χ4v) is 2.32. The maximum atomic E-state index is 5.75. The molecule has 1 heterocycles. The predicted molar refractivity (Wildman–Crippen MR) is 55.9 cm³/mol. The van der Waals surface area contributed by atoms with Gasteiger partial charge in [-0.15, -0.1) is 0 Å². The van der Waals surface area contributed by atoms with Crippen molar-refractivity contribution in [3.05, 3.63) is 0 Å². The fraction of sp³-hybridized carbons (Fsp3) is 1.00. The van der Waals surface area contributed by atoms with Gasteiger partial charge in [0.05, 0.1) is 6.10 Å². The van der Waals surface area contributed by atoms with Gasteiger partial charge in [-0.2, -0.15) is 0 Å². The molecule has 2 atom stereocenters. The van der Waals surface area contributed by atoms with E-state index in [2.05, 4.69) is 26.1 Å². The van der Waals surface area contributed by atoms with Crippen LogP contribution in [0.2, 0.25) is 0 Å². The summed E-state index contributed by atoms with van der Waals surface area (Å²) in [6.07, 6.45) is 4.04. The first-order valence-electron chi connectivity index (χ1n) is 5.39. The third-order valence-corrected chi connectivity index (χ3v) is 3.04. The Bertz CT molecular complexity index is 152. The Morgan fingerprint density at radius 2 is 2.23 bits per heavy atom. The van der Waals surface area contributed by atoms with Crippen LogP contribution >= 0.6 is 0 Å². The van der Waals surface area contributed by atoms with E-state index < -0.39 is 0 Å². The number of rotatable bonds is 4. The topological polar surface area (TPSA) is 21.3 Å². The van der Waals surface area contributed by atoms with E-state index in [-0.39, 0.29) is 5.54 Å². The number of hydrogen-bond acceptors (Lipinski definition) is 2. The highest BCUT2D eigenvalue weighted by Gasteiger charge is 2.35. The summed E-state index contributed by atoms with van der Waals surface area (Å²) in [5, 5.41) is 3.43. The Morgan fingerprint density at radius 1 is 1.54 bits per heavy atom. The summed E-state index contributed by atoms with van der Waals surface area (Å²) in [5.74, 6) is 0.724. The number of hydrogen-bond donors (Lipinski definition) is 1. The first-order chi connectivity index (χ1) is 6.08. The summed E-state index contributed by atoms with van der Waals surface area (Å²) in [4.78, 5) is 0. The minimum Gasteiger partial charge on any atom is -0.376 e. The maximum Gasteiger partial charge on any atom is 0.0754 e. The summed E-state index contributed by atoms with van der Waals surface area (Å²) < 4.78 is 5.75. The largest absolute Gasteiger partial charge is 0.376 e. The van der Waals surface area contributed by atoms with E-state index in [0.29, 0.717) is 6.10 Å². The zero-order valence-corrected chi connectivity index (χ0v) is 9.39. The van der Waals surface area contributed by atoms with Crippen LogP contribution in [0.4, 0.5) is 0 Å². The number of likely N-dealkylation sites (N-methyl/N-ethyl adjacent to an activating group) is 1. The van der Waals surface area contributed by atoms with E-state index in [1.807, 2.05) is 7.05 Å². The lowest BCUT2D eigenvalue weighted by Gasteiger charge is -2.36. The molecule has 0 aromatic heterocycles. The highest BCUT2D eigenvalue weighted by molar-refractivity contribution is 4.93. The van der Waals surface area contributed by atoms with Crippen LogP contribution in [-0.2, 0) is 4.74 Å². The summed E-state index contributed by atoms with van der Waals surface area (Å²) >= 11 is 0. The van der Waals surface area contributed by atoms with Gasteiger partial charge in [-0.05, 0) is 39.2 Å². The quantitative estimate of drug-likeness (QED) is 0.725. The molecule has 13 heavy (non-hydrogen) atoms. The molecule has 0 amide bonds. The molecule has 2 unspecified atom stereocenters. The normalized spacial score (nSPS) is 27.9. The van der Waals surface area contributed by atoms with Gasteiger partial charge in [-0.1, -0.05) is 13.8 Å². The molecule has 0 aromatic rings. The molecule has 0 aliphatic carbocycles. The van der Waals surface area contributed by atoms with Gasteiger partial charge in [0.1, 0.15) is 0 Å². The summed E-state index contributed by atoms with van der Waals surface area (Å²) in [6, 6.07) is 0. The van der Waals surface area contributed by atoms with Crippen LogP contribution in [0, 0.1) is 5.92 Å². The molecule has 1 aliphatic heterocycles. The fourth-order valence-electron chi connectivity index (χ4n) is 2.32. The Balaban J connectivity index is 2.55. The van der Waals surface area contributed by atoms with Crippen LogP contribution in [0.5, 0.6) is 0 Å². The van der Waals surface area contributed by atoms with Gasteiger partial charge in [-0.3, -0.25) is 0 Å². The molecular weight excluding hydrogens is 162 g/mol. The number of nitrogens with one attached hydrogen (secondary N) is 1. The van der Waals surface area contributed by atoms with Crippen molar-refractivity contribution in [2.75, 3.05) is 13.7 Å². The molecule has 0 radical (unpaired) electrons. The van der Waals surface area contributed by atoms with Crippen molar-refractivity contribution in [1.82, 2.24) is 5.32 Å². The third kappa shape index (κ3) is 2.68. The molecule has 0 spiro atoms. The van der Waals surface area contributed by atoms with E-state index in [1.54, 1.807) is 0 Å². The number of ether oxygens (including phenoxy) is 1. The van der Waals surface area contributed by atoms with Gasteiger partial charge in [0.15, 0.2) is 0 Å². The summed E-state index contributed by atoms with van der Waals surface area (Å²) in [6.45, 7) is 7.76. The first kappa shape index (κ1) is 11.0. The van der Waals surface area contributed by atoms with Gasteiger partial charge in [0, 0.05) is 12.1 Å². The van der Waals surface area contributed by atoms with Crippen LogP contribution in [-0.4, -0.2) is 25.3 Å². The third-order valence-electron chi connectivity index (χ3n) is 3.04. The lowest BCUT2D eigenvalue weighted by molar-refractivity contribution is 0.0294. The SMILES string of the molecule is CNC(C)(CC(C)C)C1CCCO1. The lowest BCUT2D eigenvalue weighted by Crippen LogP contribution is -2.51. The standard InChI is InChI=1S/C11H23NO/c1-9(2)8-11(3,12-4)10-6-5-7-13-10/h9-10,12H,5-8H2,1-4H3. The van der Waals surface area contributed by atoms with Crippen LogP contribution in [0.25, 0.3) is 0 Å². The monoisotopic (exact) mass is 185 g/mol. The molecular formula is C11H23NO. The van der Waals surface area contributed by atoms with E-state index in [4.69, 9.17) is 4.74 Å². The molecule has 1 fully saturated rings. The van der Waals surface area contributed by atoms with Crippen molar-refractivity contribution < 1.29 is 4.74 Å². The van der Waals surface area contributed by atoms with Crippen LogP contribution < -0.4 is 5.32 Å². The highest BCUT2D eigenvalue weighted by atomic mass is 16.5. The first-order valence-corrected chi connectivity index (χ1v) is 5.39. The summed E-state index contributed by atoms with van der Waals surface area (Å²) in [5.41, 5.74) is 0.171. The molecule has 78 valence electrons. The Hall–Kier alpha value is -0.0800. The molecule has 2 heteroatoms. The van der Waals surface area contributed by atoms with Crippen LogP contribution in [0.15, 0.2) is 0 Å². The molecule has 1 rings (SSSR count). The predicted octanol–water partition coefficient (Wildman–Crippen LogP) is 2.19. The van der Waals surface area contributed by atoms with Crippen LogP contribution in [0.1, 0.15) is 40.0 Å². The second kappa shape index (κ2) is 4.43. The van der Waals surface area contributed by atoms with E-state index in [9.17, 15) is 0 Å². The molecule has 2 nitrogen and oxygen atoms in total. The van der Waals surface area contributed by atoms with E-state index in [1.165, 1.54) is 19.3 Å². The molecule has 0 saturated carbocycles. The van der Waals surface area contributed by atoms with Crippen molar-refractivity contribution in [3.8, 4) is 0 Å². The minimum absolute atomic E-state index is 0.171. The molecule has 0 bridgehead atoms. The molecule has 1 N–H and O–H groups in total. The van der Waals surface area contributed by atoms with Gasteiger partial charge in [0.2, 0.25) is 0 Å². The van der Waals surface area contributed by atoms with Crippen LogP contribution in [0.3, 0.4) is 0 Å². The van der Waals surface area contributed by atoms with Crippen molar-refractivity contribution in [2.24, 2.45) is 5.92 Å². The lowest BCUT2D eigenvalue weighted by atomic mass is 9.84. The highest BCUT2D eigenvalue weighted by Crippen LogP contribution is 2.28. The molecule has 1 aliphatic rings. The smallest absolute Gasteiger partial charge is 0.0754 e. The second-order valence-electron chi connectivity index (χ2n) is 4.77. The Morgan fingerprint density at radius 3 is 2.62 bits per heavy atom. The second-order valence-corrected chi connectivity index (χ2v) is 4.77. The minimum atomic E-state index is 0.171. The van der Waals surface area contributed by atoms with Crippen molar-refractivity contribution in [1.29, 1.82) is 0 Å². The van der Waals surface area contributed by atoms with E-state index in [0.717, 1.165) is 12.5 Å². The van der Waals surface area contributed by atoms with Crippen molar-refractivity contribution in [3.63, 3.8) is 0 Å². The molecule has 0 aromatic carbocycles. The average Bonchev–Trinajstić information content (AvgIpc) is 2.55. The van der Waals surface area contributed by atoms with Gasteiger partial charge in [-0.25, -0.2) is 0 Å². The summed E-state index contributed by atoms with van der Waals surface area (Å²) in [7, 11) is 2.05. The van der Waals surface area contributed by atoms with Gasteiger partial charge in [0.25, 0.3) is 0 Å². The van der Waals surface area contributed by atoms with E-state index >= 15 is 0 Å². The zero-order valence-electron chi connectivity index (χ0n) is 9.39. The van der Waals surface area contributed by atoms with Gasteiger partial charge >= 0.3 is 0 Å². The average molecular weight is 185 g/mol.